The number of amides is 1. The topological polar surface area (TPSA) is 52.9 Å². The lowest BCUT2D eigenvalue weighted by atomic mass is 10.00. The Morgan fingerprint density at radius 1 is 1.14 bits per heavy atom. The number of rotatable bonds is 5. The lowest BCUT2D eigenvalue weighted by molar-refractivity contribution is -0.116. The van der Waals surface area contributed by atoms with Gasteiger partial charge in [-0.15, -0.1) is 0 Å². The van der Waals surface area contributed by atoms with Crippen molar-refractivity contribution in [2.45, 2.75) is 25.7 Å². The molecule has 0 saturated heterocycles. The fourth-order valence-corrected chi connectivity index (χ4v) is 2.19. The van der Waals surface area contributed by atoms with E-state index in [0.717, 1.165) is 18.5 Å². The van der Waals surface area contributed by atoms with Crippen LogP contribution in [0.3, 0.4) is 0 Å². The van der Waals surface area contributed by atoms with Gasteiger partial charge < -0.3 is 5.32 Å². The second kappa shape index (κ2) is 7.25. The summed E-state index contributed by atoms with van der Waals surface area (Å²) in [6, 6.07) is 18.9. The van der Waals surface area contributed by atoms with E-state index in [2.05, 4.69) is 18.3 Å². The van der Waals surface area contributed by atoms with Crippen LogP contribution >= 0.6 is 0 Å². The predicted molar refractivity (Wildman–Crippen MR) is 83.9 cm³/mol. The third-order valence-corrected chi connectivity index (χ3v) is 3.28. The molecule has 0 aliphatic heterocycles. The molecule has 21 heavy (non-hydrogen) atoms. The molecule has 1 unspecified atom stereocenters. The monoisotopic (exact) mass is 278 g/mol. The minimum absolute atomic E-state index is 0.299. The molecular formula is C18H18N2O. The summed E-state index contributed by atoms with van der Waals surface area (Å²) in [6.45, 7) is 2.13. The van der Waals surface area contributed by atoms with Gasteiger partial charge in [0.05, 0.1) is 6.07 Å². The molecule has 0 aliphatic rings. The highest BCUT2D eigenvalue weighted by molar-refractivity contribution is 5.97. The molecule has 1 N–H and O–H groups in total. The maximum atomic E-state index is 12.2. The summed E-state index contributed by atoms with van der Waals surface area (Å²) in [7, 11) is 0. The average molecular weight is 278 g/mol. The molecule has 0 bridgehead atoms. The van der Waals surface area contributed by atoms with E-state index in [0.29, 0.717) is 5.56 Å². The molecule has 0 heterocycles. The van der Waals surface area contributed by atoms with Crippen LogP contribution in [0.15, 0.2) is 54.6 Å². The summed E-state index contributed by atoms with van der Waals surface area (Å²) < 4.78 is 0. The van der Waals surface area contributed by atoms with Gasteiger partial charge in [0.1, 0.15) is 0 Å². The van der Waals surface area contributed by atoms with Gasteiger partial charge in [-0.05, 0) is 29.7 Å². The molecule has 0 saturated carbocycles. The molecule has 0 fully saturated rings. The number of nitriles is 1. The van der Waals surface area contributed by atoms with Gasteiger partial charge in [-0.1, -0.05) is 55.8 Å². The summed E-state index contributed by atoms with van der Waals surface area (Å²) in [5.41, 5.74) is 2.67. The number of nitrogens with zero attached hydrogens (tertiary/aromatic N) is 1. The standard InChI is InChI=1S/C18H18N2O/c1-2-6-14-9-11-16(12-10-14)20-18(21)17(13-19)15-7-4-3-5-8-15/h3-5,7-12,17H,2,6H2,1H3,(H,20,21). The van der Waals surface area contributed by atoms with E-state index >= 15 is 0 Å². The summed E-state index contributed by atoms with van der Waals surface area (Å²) in [6.07, 6.45) is 2.12. The first-order valence-corrected chi connectivity index (χ1v) is 7.09. The first-order valence-electron chi connectivity index (χ1n) is 7.09. The van der Waals surface area contributed by atoms with Crippen molar-refractivity contribution in [1.29, 1.82) is 5.26 Å². The highest BCUT2D eigenvalue weighted by Crippen LogP contribution is 2.18. The number of anilines is 1. The van der Waals surface area contributed by atoms with Crippen LogP contribution in [0.1, 0.15) is 30.4 Å². The van der Waals surface area contributed by atoms with Crippen molar-refractivity contribution in [3.63, 3.8) is 0 Å². The van der Waals surface area contributed by atoms with Crippen molar-refractivity contribution < 1.29 is 4.79 Å². The molecule has 1 atom stereocenters. The van der Waals surface area contributed by atoms with Crippen LogP contribution in [-0.2, 0) is 11.2 Å². The van der Waals surface area contributed by atoms with Crippen molar-refractivity contribution in [3.05, 3.63) is 65.7 Å². The van der Waals surface area contributed by atoms with E-state index in [-0.39, 0.29) is 5.91 Å². The zero-order valence-electron chi connectivity index (χ0n) is 12.0. The minimum Gasteiger partial charge on any atom is -0.325 e. The van der Waals surface area contributed by atoms with E-state index in [1.54, 1.807) is 12.1 Å². The maximum absolute atomic E-state index is 12.2. The van der Waals surface area contributed by atoms with Crippen molar-refractivity contribution in [3.8, 4) is 6.07 Å². The van der Waals surface area contributed by atoms with Gasteiger partial charge >= 0.3 is 0 Å². The first-order chi connectivity index (χ1) is 10.2. The third-order valence-electron chi connectivity index (χ3n) is 3.28. The highest BCUT2D eigenvalue weighted by Gasteiger charge is 2.19. The van der Waals surface area contributed by atoms with Gasteiger partial charge in [-0.25, -0.2) is 0 Å². The van der Waals surface area contributed by atoms with E-state index in [9.17, 15) is 10.1 Å². The largest absolute Gasteiger partial charge is 0.325 e. The number of hydrogen-bond donors (Lipinski definition) is 1. The highest BCUT2D eigenvalue weighted by atomic mass is 16.1. The molecule has 0 aromatic heterocycles. The lowest BCUT2D eigenvalue weighted by Gasteiger charge is -2.11. The molecule has 2 rings (SSSR count). The lowest BCUT2D eigenvalue weighted by Crippen LogP contribution is -2.19. The zero-order chi connectivity index (χ0) is 15.1. The minimum atomic E-state index is -0.790. The van der Waals surface area contributed by atoms with Crippen LogP contribution in [0.5, 0.6) is 0 Å². The summed E-state index contributed by atoms with van der Waals surface area (Å²) >= 11 is 0. The van der Waals surface area contributed by atoms with Gasteiger partial charge in [0, 0.05) is 5.69 Å². The van der Waals surface area contributed by atoms with Gasteiger partial charge in [-0.2, -0.15) is 5.26 Å². The number of aryl methyl sites for hydroxylation is 1. The second-order valence-electron chi connectivity index (χ2n) is 4.91. The number of hydrogen-bond acceptors (Lipinski definition) is 2. The normalized spacial score (nSPS) is 11.4. The van der Waals surface area contributed by atoms with E-state index in [1.807, 2.05) is 42.5 Å². The van der Waals surface area contributed by atoms with Crippen LogP contribution in [-0.4, -0.2) is 5.91 Å². The van der Waals surface area contributed by atoms with Crippen molar-refractivity contribution in [1.82, 2.24) is 0 Å². The Labute approximate surface area is 125 Å². The number of carbonyl (C=O) groups excluding carboxylic acids is 1. The predicted octanol–water partition coefficient (Wildman–Crippen LogP) is 3.88. The van der Waals surface area contributed by atoms with Crippen molar-refractivity contribution in [2.24, 2.45) is 0 Å². The second-order valence-corrected chi connectivity index (χ2v) is 4.91. The molecule has 0 radical (unpaired) electrons. The molecule has 1 amide bonds. The fourth-order valence-electron chi connectivity index (χ4n) is 2.19. The van der Waals surface area contributed by atoms with E-state index in [4.69, 9.17) is 0 Å². The zero-order valence-corrected chi connectivity index (χ0v) is 12.0. The third kappa shape index (κ3) is 3.93. The van der Waals surface area contributed by atoms with Crippen molar-refractivity contribution >= 4 is 11.6 Å². The molecule has 0 spiro atoms. The van der Waals surface area contributed by atoms with Gasteiger partial charge in [0.2, 0.25) is 5.91 Å². The smallest absolute Gasteiger partial charge is 0.246 e. The molecule has 2 aromatic carbocycles. The molecule has 3 nitrogen and oxygen atoms in total. The van der Waals surface area contributed by atoms with Crippen LogP contribution in [0, 0.1) is 11.3 Å². The summed E-state index contributed by atoms with van der Waals surface area (Å²) in [5.74, 6) is -1.09. The summed E-state index contributed by atoms with van der Waals surface area (Å²) in [4.78, 5) is 12.2. The summed E-state index contributed by atoms with van der Waals surface area (Å²) in [5, 5.41) is 12.0. The average Bonchev–Trinajstić information content (AvgIpc) is 2.51. The Morgan fingerprint density at radius 2 is 1.81 bits per heavy atom. The molecule has 0 aliphatic carbocycles. The molecular weight excluding hydrogens is 260 g/mol. The van der Waals surface area contributed by atoms with Crippen LogP contribution in [0.2, 0.25) is 0 Å². The van der Waals surface area contributed by atoms with Gasteiger partial charge in [-0.3, -0.25) is 4.79 Å². The Balaban J connectivity index is 2.08. The van der Waals surface area contributed by atoms with Crippen LogP contribution in [0.4, 0.5) is 5.69 Å². The van der Waals surface area contributed by atoms with Crippen LogP contribution in [0.25, 0.3) is 0 Å². The molecule has 2 aromatic rings. The van der Waals surface area contributed by atoms with Crippen molar-refractivity contribution in [2.75, 3.05) is 5.32 Å². The molecule has 3 heteroatoms. The first kappa shape index (κ1) is 14.8. The number of carbonyl (C=O) groups is 1. The SMILES string of the molecule is CCCc1ccc(NC(=O)C(C#N)c2ccccc2)cc1. The van der Waals surface area contributed by atoms with Crippen LogP contribution < -0.4 is 5.32 Å². The van der Waals surface area contributed by atoms with E-state index in [1.165, 1.54) is 5.56 Å². The van der Waals surface area contributed by atoms with Gasteiger partial charge in [0.15, 0.2) is 5.92 Å². The van der Waals surface area contributed by atoms with Gasteiger partial charge in [0.25, 0.3) is 0 Å². The Hall–Kier alpha value is -2.60. The Kier molecular flexibility index (Phi) is 5.11. The maximum Gasteiger partial charge on any atom is 0.246 e. The number of benzene rings is 2. The number of nitrogens with one attached hydrogen (secondary N) is 1. The Morgan fingerprint density at radius 3 is 2.38 bits per heavy atom. The Bertz CT molecular complexity index is 627. The fraction of sp³-hybridized carbons (Fsp3) is 0.222. The quantitative estimate of drug-likeness (QED) is 0.902. The van der Waals surface area contributed by atoms with E-state index < -0.39 is 5.92 Å². The molecule has 106 valence electrons.